The third-order valence-electron chi connectivity index (χ3n) is 4.23. The molecule has 1 aromatic heterocycles. The molecule has 1 aliphatic rings. The van der Waals surface area contributed by atoms with Gasteiger partial charge in [0.25, 0.3) is 0 Å². The average Bonchev–Trinajstić information content (AvgIpc) is 2.88. The summed E-state index contributed by atoms with van der Waals surface area (Å²) in [5, 5.41) is 9.65. The van der Waals surface area contributed by atoms with Gasteiger partial charge in [-0.25, -0.2) is 4.98 Å². The molecular formula is C16H27N3O2. The van der Waals surface area contributed by atoms with Crippen LogP contribution in [0.15, 0.2) is 18.2 Å². The van der Waals surface area contributed by atoms with Crippen molar-refractivity contribution in [1.82, 2.24) is 9.88 Å². The van der Waals surface area contributed by atoms with Crippen LogP contribution >= 0.6 is 0 Å². The fraction of sp³-hybridized carbons (Fsp3) is 0.688. The number of nitrogens with zero attached hydrogens (tertiary/aromatic N) is 3. The molecule has 1 saturated heterocycles. The molecule has 1 fully saturated rings. The maximum atomic E-state index is 9.65. The molecule has 0 radical (unpaired) electrons. The number of methoxy groups -OCH3 is 1. The van der Waals surface area contributed by atoms with E-state index in [2.05, 4.69) is 27.9 Å². The number of anilines is 1. The lowest BCUT2D eigenvalue weighted by molar-refractivity contribution is 0.136. The lowest BCUT2D eigenvalue weighted by atomic mass is 9.96. The number of aryl methyl sites for hydroxylation is 1. The molecule has 118 valence electrons. The summed E-state index contributed by atoms with van der Waals surface area (Å²) in [5.74, 6) is 1.81. The van der Waals surface area contributed by atoms with Gasteiger partial charge in [0.15, 0.2) is 0 Å². The Balaban J connectivity index is 1.97. The SMILES string of the molecule is COCCN(C)C[C@@H]1CN(c2cccc(C)n2)C[C@@H]1CO. The minimum absolute atomic E-state index is 0.241. The van der Waals surface area contributed by atoms with Gasteiger partial charge in [0.2, 0.25) is 0 Å². The molecule has 2 rings (SSSR count). The summed E-state index contributed by atoms with van der Waals surface area (Å²) in [4.78, 5) is 9.17. The molecule has 0 bridgehead atoms. The summed E-state index contributed by atoms with van der Waals surface area (Å²) in [6.45, 7) is 6.75. The molecule has 1 aromatic rings. The van der Waals surface area contributed by atoms with Gasteiger partial charge in [-0.2, -0.15) is 0 Å². The Morgan fingerprint density at radius 1 is 1.38 bits per heavy atom. The fourth-order valence-electron chi connectivity index (χ4n) is 2.98. The normalized spacial score (nSPS) is 22.2. The number of aromatic nitrogens is 1. The second-order valence-electron chi connectivity index (χ2n) is 6.00. The van der Waals surface area contributed by atoms with E-state index in [4.69, 9.17) is 4.74 Å². The Morgan fingerprint density at radius 3 is 2.81 bits per heavy atom. The van der Waals surface area contributed by atoms with Crippen molar-refractivity contribution in [1.29, 1.82) is 0 Å². The summed E-state index contributed by atoms with van der Waals surface area (Å²) < 4.78 is 5.12. The highest BCUT2D eigenvalue weighted by Gasteiger charge is 2.33. The van der Waals surface area contributed by atoms with Gasteiger partial charge in [0.1, 0.15) is 5.82 Å². The predicted molar refractivity (Wildman–Crippen MR) is 84.6 cm³/mol. The van der Waals surface area contributed by atoms with E-state index in [-0.39, 0.29) is 6.61 Å². The second-order valence-corrected chi connectivity index (χ2v) is 6.00. The zero-order chi connectivity index (χ0) is 15.2. The summed E-state index contributed by atoms with van der Waals surface area (Å²) in [6.07, 6.45) is 0. The first kappa shape index (κ1) is 16.2. The van der Waals surface area contributed by atoms with Gasteiger partial charge in [-0.1, -0.05) is 6.07 Å². The molecule has 2 atom stereocenters. The van der Waals surface area contributed by atoms with Gasteiger partial charge >= 0.3 is 0 Å². The molecule has 0 amide bonds. The average molecular weight is 293 g/mol. The van der Waals surface area contributed by atoms with E-state index in [0.29, 0.717) is 11.8 Å². The van der Waals surface area contributed by atoms with E-state index in [9.17, 15) is 5.11 Å². The first-order chi connectivity index (χ1) is 10.1. The van der Waals surface area contributed by atoms with Crippen molar-refractivity contribution >= 4 is 5.82 Å². The van der Waals surface area contributed by atoms with Crippen molar-refractivity contribution < 1.29 is 9.84 Å². The molecule has 2 heterocycles. The van der Waals surface area contributed by atoms with Crippen LogP contribution in [0.3, 0.4) is 0 Å². The highest BCUT2D eigenvalue weighted by atomic mass is 16.5. The van der Waals surface area contributed by atoms with Gasteiger partial charge in [-0.15, -0.1) is 0 Å². The Morgan fingerprint density at radius 2 is 2.14 bits per heavy atom. The number of pyridine rings is 1. The minimum atomic E-state index is 0.241. The van der Waals surface area contributed by atoms with Crippen LogP contribution in [0.2, 0.25) is 0 Å². The molecular weight excluding hydrogens is 266 g/mol. The topological polar surface area (TPSA) is 48.8 Å². The number of rotatable bonds is 7. The monoisotopic (exact) mass is 293 g/mol. The summed E-state index contributed by atoms with van der Waals surface area (Å²) >= 11 is 0. The van der Waals surface area contributed by atoms with Gasteiger partial charge < -0.3 is 19.6 Å². The zero-order valence-corrected chi connectivity index (χ0v) is 13.3. The second kappa shape index (κ2) is 7.73. The lowest BCUT2D eigenvalue weighted by Crippen LogP contribution is -2.33. The van der Waals surface area contributed by atoms with Crippen LogP contribution in [-0.2, 0) is 4.74 Å². The Kier molecular flexibility index (Phi) is 5.96. The maximum Gasteiger partial charge on any atom is 0.128 e. The van der Waals surface area contributed by atoms with Crippen LogP contribution < -0.4 is 4.90 Å². The molecule has 0 unspecified atom stereocenters. The van der Waals surface area contributed by atoms with Gasteiger partial charge in [-0.05, 0) is 32.0 Å². The number of hydrogen-bond donors (Lipinski definition) is 1. The van der Waals surface area contributed by atoms with Crippen molar-refractivity contribution in [2.24, 2.45) is 11.8 Å². The van der Waals surface area contributed by atoms with Crippen LogP contribution in [0.5, 0.6) is 0 Å². The van der Waals surface area contributed by atoms with Gasteiger partial charge in [-0.3, -0.25) is 0 Å². The van der Waals surface area contributed by atoms with E-state index in [1.54, 1.807) is 7.11 Å². The Labute approximate surface area is 127 Å². The highest BCUT2D eigenvalue weighted by molar-refractivity contribution is 5.40. The number of likely N-dealkylation sites (N-methyl/N-ethyl adjacent to an activating group) is 1. The largest absolute Gasteiger partial charge is 0.396 e. The van der Waals surface area contributed by atoms with Crippen LogP contribution in [-0.4, -0.2) is 68.5 Å². The summed E-state index contributed by atoms with van der Waals surface area (Å²) in [5.41, 5.74) is 1.04. The van der Waals surface area contributed by atoms with Crippen LogP contribution in [0, 0.1) is 18.8 Å². The molecule has 0 aromatic carbocycles. The molecule has 5 nitrogen and oxygen atoms in total. The molecule has 0 spiro atoms. The molecule has 21 heavy (non-hydrogen) atoms. The maximum absolute atomic E-state index is 9.65. The predicted octanol–water partition coefficient (Wildman–Crippen LogP) is 1.01. The van der Waals surface area contributed by atoms with Crippen molar-refractivity contribution in [3.8, 4) is 0 Å². The third-order valence-corrected chi connectivity index (χ3v) is 4.23. The first-order valence-electron chi connectivity index (χ1n) is 7.61. The van der Waals surface area contributed by atoms with Crippen molar-refractivity contribution in [3.05, 3.63) is 23.9 Å². The van der Waals surface area contributed by atoms with Crippen molar-refractivity contribution in [2.75, 3.05) is 58.5 Å². The lowest BCUT2D eigenvalue weighted by Gasteiger charge is -2.23. The van der Waals surface area contributed by atoms with Crippen LogP contribution in [0.25, 0.3) is 0 Å². The molecule has 0 aliphatic carbocycles. The van der Waals surface area contributed by atoms with Crippen LogP contribution in [0.1, 0.15) is 5.69 Å². The highest BCUT2D eigenvalue weighted by Crippen LogP contribution is 2.27. The molecule has 1 N–H and O–H groups in total. The Bertz CT molecular complexity index is 441. The van der Waals surface area contributed by atoms with Crippen LogP contribution in [0.4, 0.5) is 5.82 Å². The molecule has 1 aliphatic heterocycles. The van der Waals surface area contributed by atoms with E-state index in [1.165, 1.54) is 0 Å². The summed E-state index contributed by atoms with van der Waals surface area (Å²) in [6, 6.07) is 6.11. The van der Waals surface area contributed by atoms with Crippen molar-refractivity contribution in [3.63, 3.8) is 0 Å². The third kappa shape index (κ3) is 4.40. The Hall–Kier alpha value is -1.17. The molecule has 5 heteroatoms. The van der Waals surface area contributed by atoms with Crippen molar-refractivity contribution in [2.45, 2.75) is 6.92 Å². The fourth-order valence-corrected chi connectivity index (χ4v) is 2.98. The zero-order valence-electron chi connectivity index (χ0n) is 13.3. The molecule has 0 saturated carbocycles. The minimum Gasteiger partial charge on any atom is -0.396 e. The standard InChI is InChI=1S/C16H27N3O2/c1-13-5-4-6-16(17-13)19-10-14(15(11-19)12-20)9-18(2)7-8-21-3/h4-6,14-15,20H,7-12H2,1-3H3/t14-,15-/m1/s1. The number of ether oxygens (including phenoxy) is 1. The first-order valence-corrected chi connectivity index (χ1v) is 7.61. The smallest absolute Gasteiger partial charge is 0.128 e. The van der Waals surface area contributed by atoms with E-state index in [1.807, 2.05) is 19.1 Å². The van der Waals surface area contributed by atoms with Gasteiger partial charge in [0.05, 0.1) is 6.61 Å². The van der Waals surface area contributed by atoms with E-state index >= 15 is 0 Å². The van der Waals surface area contributed by atoms with E-state index < -0.39 is 0 Å². The number of aliphatic hydroxyl groups excluding tert-OH is 1. The quantitative estimate of drug-likeness (QED) is 0.813. The number of aliphatic hydroxyl groups is 1. The number of hydrogen-bond acceptors (Lipinski definition) is 5. The van der Waals surface area contributed by atoms with E-state index in [0.717, 1.165) is 44.3 Å². The summed E-state index contributed by atoms with van der Waals surface area (Å²) in [7, 11) is 3.84. The van der Waals surface area contributed by atoms with Gasteiger partial charge in [0, 0.05) is 51.5 Å².